The fraction of sp³-hybridized carbons (Fsp3) is 0.600. The summed E-state index contributed by atoms with van der Waals surface area (Å²) in [5.74, 6) is 0. The van der Waals surface area contributed by atoms with Crippen molar-refractivity contribution in [2.45, 2.75) is 77.1 Å². The van der Waals surface area contributed by atoms with Crippen molar-refractivity contribution in [2.75, 3.05) is 0 Å². The van der Waals surface area contributed by atoms with Crippen LogP contribution in [-0.2, 0) is 10.8 Å². The summed E-state index contributed by atoms with van der Waals surface area (Å²) in [6.45, 7) is 15.5. The van der Waals surface area contributed by atoms with Gasteiger partial charge in [-0.2, -0.15) is 0 Å². The smallest absolute Gasteiger partial charge is 0.192 e. The molecule has 0 amide bonds. The van der Waals surface area contributed by atoms with Gasteiger partial charge < -0.3 is 4.43 Å². The SMILES string of the molecule is C=CC[C@@H](CCCCc1ccccc1)O[Si](C)(C)C(C)(C)C. The van der Waals surface area contributed by atoms with Gasteiger partial charge in [-0.3, -0.25) is 0 Å². The monoisotopic (exact) mass is 318 g/mol. The zero-order valence-corrected chi connectivity index (χ0v) is 16.2. The molecule has 0 fully saturated rings. The Morgan fingerprint density at radius 1 is 1.14 bits per heavy atom. The van der Waals surface area contributed by atoms with Gasteiger partial charge in [0.2, 0.25) is 0 Å². The molecule has 2 heteroatoms. The third kappa shape index (κ3) is 6.49. The highest BCUT2D eigenvalue weighted by molar-refractivity contribution is 6.74. The van der Waals surface area contributed by atoms with Crippen molar-refractivity contribution in [3.8, 4) is 0 Å². The van der Waals surface area contributed by atoms with E-state index in [4.69, 9.17) is 4.43 Å². The lowest BCUT2D eigenvalue weighted by molar-refractivity contribution is 0.170. The Hall–Kier alpha value is -0.863. The van der Waals surface area contributed by atoms with Crippen LogP contribution in [0.25, 0.3) is 0 Å². The molecule has 0 aliphatic carbocycles. The van der Waals surface area contributed by atoms with Crippen molar-refractivity contribution in [2.24, 2.45) is 0 Å². The van der Waals surface area contributed by atoms with Crippen LogP contribution in [0.15, 0.2) is 43.0 Å². The Labute approximate surface area is 138 Å². The van der Waals surface area contributed by atoms with E-state index in [-0.39, 0.29) is 5.04 Å². The number of rotatable bonds is 9. The van der Waals surface area contributed by atoms with Crippen LogP contribution in [0.3, 0.4) is 0 Å². The molecule has 1 aromatic carbocycles. The first-order chi connectivity index (χ1) is 10.3. The number of hydrogen-bond donors (Lipinski definition) is 0. The molecule has 1 rings (SSSR count). The Bertz CT molecular complexity index is 431. The maximum absolute atomic E-state index is 6.56. The van der Waals surface area contributed by atoms with Crippen LogP contribution < -0.4 is 0 Å². The van der Waals surface area contributed by atoms with E-state index in [0.717, 1.165) is 12.8 Å². The fourth-order valence-corrected chi connectivity index (χ4v) is 3.75. The van der Waals surface area contributed by atoms with Crippen molar-refractivity contribution < 1.29 is 4.43 Å². The molecule has 0 aromatic heterocycles. The first-order valence-electron chi connectivity index (χ1n) is 8.59. The van der Waals surface area contributed by atoms with Gasteiger partial charge in [0.25, 0.3) is 0 Å². The van der Waals surface area contributed by atoms with E-state index < -0.39 is 8.32 Å². The second kappa shape index (κ2) is 8.69. The molecule has 0 aliphatic heterocycles. The highest BCUT2D eigenvalue weighted by atomic mass is 28.4. The number of aryl methyl sites for hydroxylation is 1. The first-order valence-corrected chi connectivity index (χ1v) is 11.5. The van der Waals surface area contributed by atoms with Crippen molar-refractivity contribution in [3.05, 3.63) is 48.6 Å². The van der Waals surface area contributed by atoms with Crippen molar-refractivity contribution in [1.82, 2.24) is 0 Å². The predicted octanol–water partition coefficient (Wildman–Crippen LogP) is 6.37. The lowest BCUT2D eigenvalue weighted by atomic mass is 10.0. The zero-order chi connectivity index (χ0) is 16.6. The van der Waals surface area contributed by atoms with Gasteiger partial charge in [0.15, 0.2) is 8.32 Å². The molecule has 0 N–H and O–H groups in total. The summed E-state index contributed by atoms with van der Waals surface area (Å²) in [6, 6.07) is 10.8. The molecule has 0 unspecified atom stereocenters. The van der Waals surface area contributed by atoms with Gasteiger partial charge in [-0.15, -0.1) is 6.58 Å². The number of hydrogen-bond acceptors (Lipinski definition) is 1. The molecule has 0 radical (unpaired) electrons. The predicted molar refractivity (Wildman–Crippen MR) is 101 cm³/mol. The second-order valence-corrected chi connectivity index (χ2v) is 12.5. The minimum absolute atomic E-state index is 0.274. The maximum atomic E-state index is 6.56. The zero-order valence-electron chi connectivity index (χ0n) is 15.2. The van der Waals surface area contributed by atoms with Crippen molar-refractivity contribution in [1.29, 1.82) is 0 Å². The minimum Gasteiger partial charge on any atom is -0.414 e. The summed E-state index contributed by atoms with van der Waals surface area (Å²) in [7, 11) is -1.68. The molecule has 0 aliphatic rings. The van der Waals surface area contributed by atoms with Crippen LogP contribution in [0.2, 0.25) is 18.1 Å². The van der Waals surface area contributed by atoms with Gasteiger partial charge >= 0.3 is 0 Å². The van der Waals surface area contributed by atoms with Crippen molar-refractivity contribution in [3.63, 3.8) is 0 Å². The summed E-state index contributed by atoms with van der Waals surface area (Å²) >= 11 is 0. The summed E-state index contributed by atoms with van der Waals surface area (Å²) in [5.41, 5.74) is 1.44. The summed E-state index contributed by atoms with van der Waals surface area (Å²) in [5, 5.41) is 0.274. The second-order valence-electron chi connectivity index (χ2n) is 7.76. The molecular formula is C20H34OSi. The normalized spacial score (nSPS) is 13.9. The summed E-state index contributed by atoms with van der Waals surface area (Å²) in [4.78, 5) is 0. The van der Waals surface area contributed by atoms with E-state index in [9.17, 15) is 0 Å². The third-order valence-electron chi connectivity index (χ3n) is 4.78. The maximum Gasteiger partial charge on any atom is 0.192 e. The van der Waals surface area contributed by atoms with Crippen LogP contribution in [0.4, 0.5) is 0 Å². The summed E-state index contributed by atoms with van der Waals surface area (Å²) in [6.07, 6.45) is 8.09. The standard InChI is InChI=1S/C20H34OSi/c1-7-13-19(21-22(5,6)20(2,3)4)17-12-11-16-18-14-9-8-10-15-18/h7-10,14-15,19H,1,11-13,16-17H2,2-6H3/t19-/m0/s1. The van der Waals surface area contributed by atoms with Gasteiger partial charge in [-0.05, 0) is 49.4 Å². The van der Waals surface area contributed by atoms with E-state index >= 15 is 0 Å². The van der Waals surface area contributed by atoms with E-state index in [1.807, 2.05) is 6.08 Å². The molecule has 124 valence electrons. The molecular weight excluding hydrogens is 284 g/mol. The number of unbranched alkanes of at least 4 members (excludes halogenated alkanes) is 1. The Kier molecular flexibility index (Phi) is 7.57. The van der Waals surface area contributed by atoms with Crippen LogP contribution >= 0.6 is 0 Å². The molecule has 1 atom stereocenters. The highest BCUT2D eigenvalue weighted by Crippen LogP contribution is 2.38. The largest absolute Gasteiger partial charge is 0.414 e. The minimum atomic E-state index is -1.68. The molecule has 0 spiro atoms. The lowest BCUT2D eigenvalue weighted by Crippen LogP contribution is -2.43. The average molecular weight is 319 g/mol. The number of benzene rings is 1. The van der Waals surface area contributed by atoms with E-state index in [1.54, 1.807) is 0 Å². The van der Waals surface area contributed by atoms with Crippen molar-refractivity contribution >= 4 is 8.32 Å². The summed E-state index contributed by atoms with van der Waals surface area (Å²) < 4.78 is 6.56. The molecule has 0 saturated heterocycles. The Morgan fingerprint density at radius 2 is 1.77 bits per heavy atom. The van der Waals surface area contributed by atoms with Crippen LogP contribution in [0.1, 0.15) is 52.0 Å². The van der Waals surface area contributed by atoms with Gasteiger partial charge in [-0.25, -0.2) is 0 Å². The van der Waals surface area contributed by atoms with Gasteiger partial charge in [0.05, 0.1) is 0 Å². The topological polar surface area (TPSA) is 9.23 Å². The first kappa shape index (κ1) is 19.2. The van der Waals surface area contributed by atoms with Gasteiger partial charge in [0.1, 0.15) is 0 Å². The third-order valence-corrected chi connectivity index (χ3v) is 9.32. The Morgan fingerprint density at radius 3 is 2.32 bits per heavy atom. The molecule has 1 nitrogen and oxygen atoms in total. The van der Waals surface area contributed by atoms with E-state index in [0.29, 0.717) is 6.10 Å². The van der Waals surface area contributed by atoms with Gasteiger partial charge in [0, 0.05) is 6.10 Å². The van der Waals surface area contributed by atoms with Crippen LogP contribution in [0, 0.1) is 0 Å². The van der Waals surface area contributed by atoms with Crippen LogP contribution in [-0.4, -0.2) is 14.4 Å². The molecule has 0 bridgehead atoms. The quantitative estimate of drug-likeness (QED) is 0.292. The lowest BCUT2D eigenvalue weighted by Gasteiger charge is -2.39. The van der Waals surface area contributed by atoms with Crippen LogP contribution in [0.5, 0.6) is 0 Å². The molecule has 0 saturated carbocycles. The highest BCUT2D eigenvalue weighted by Gasteiger charge is 2.38. The molecule has 1 aromatic rings. The Balaban J connectivity index is 2.42. The van der Waals surface area contributed by atoms with Gasteiger partial charge in [-0.1, -0.05) is 63.6 Å². The van der Waals surface area contributed by atoms with E-state index in [2.05, 4.69) is 70.8 Å². The van der Waals surface area contributed by atoms with E-state index in [1.165, 1.54) is 24.8 Å². The molecule has 0 heterocycles. The fourth-order valence-electron chi connectivity index (χ4n) is 2.35. The average Bonchev–Trinajstić information content (AvgIpc) is 2.43. The molecule has 22 heavy (non-hydrogen) atoms.